The van der Waals surface area contributed by atoms with E-state index in [9.17, 15) is 5.11 Å². The minimum absolute atomic E-state index is 0.0185. The van der Waals surface area contributed by atoms with E-state index in [1.54, 1.807) is 0 Å². The van der Waals surface area contributed by atoms with Crippen LogP contribution in [0.25, 0.3) is 0 Å². The minimum atomic E-state index is -0.291. The number of hydrogen-bond donors (Lipinski definition) is 1. The summed E-state index contributed by atoms with van der Waals surface area (Å²) in [6.45, 7) is 9.19. The zero-order valence-corrected chi connectivity index (χ0v) is 11.6. The Labute approximate surface area is 105 Å². The highest BCUT2D eigenvalue weighted by molar-refractivity contribution is 5.10. The van der Waals surface area contributed by atoms with E-state index >= 15 is 0 Å². The summed E-state index contributed by atoms with van der Waals surface area (Å²) in [5.74, 6) is 1.51. The van der Waals surface area contributed by atoms with Crippen LogP contribution in [0.3, 0.4) is 0 Å². The lowest BCUT2D eigenvalue weighted by Gasteiger charge is -2.58. The van der Waals surface area contributed by atoms with Crippen molar-refractivity contribution in [3.05, 3.63) is 0 Å². The largest absolute Gasteiger partial charge is 0.390 e. The molecule has 2 saturated heterocycles. The smallest absolute Gasteiger partial charge is 0.0919 e. The number of fused-ring (bicyclic) bond motifs is 4. The topological polar surface area (TPSA) is 29.5 Å². The van der Waals surface area contributed by atoms with Gasteiger partial charge < -0.3 is 9.84 Å². The van der Waals surface area contributed by atoms with Crippen LogP contribution in [-0.2, 0) is 4.74 Å². The highest BCUT2D eigenvalue weighted by Crippen LogP contribution is 2.62. The molecule has 98 valence electrons. The molecule has 0 aromatic heterocycles. The average Bonchev–Trinajstić information content (AvgIpc) is 2.28. The van der Waals surface area contributed by atoms with Gasteiger partial charge in [-0.05, 0) is 63.2 Å². The van der Waals surface area contributed by atoms with E-state index in [1.807, 2.05) is 0 Å². The maximum atomic E-state index is 10.2. The Morgan fingerprint density at radius 3 is 2.24 bits per heavy atom. The second-order valence-corrected chi connectivity index (χ2v) is 7.73. The Bertz CT molecular complexity index is 338. The summed E-state index contributed by atoms with van der Waals surface area (Å²) in [4.78, 5) is 0. The molecule has 0 aromatic carbocycles. The van der Waals surface area contributed by atoms with Gasteiger partial charge >= 0.3 is 0 Å². The Balaban J connectivity index is 1.93. The van der Waals surface area contributed by atoms with Gasteiger partial charge in [-0.2, -0.15) is 0 Å². The molecule has 1 aliphatic carbocycles. The van der Waals surface area contributed by atoms with E-state index in [-0.39, 0.29) is 17.3 Å². The number of rotatable bonds is 0. The number of aliphatic hydroxyl groups is 1. The average molecular weight is 238 g/mol. The van der Waals surface area contributed by atoms with Gasteiger partial charge in [-0.3, -0.25) is 0 Å². The highest BCUT2D eigenvalue weighted by Gasteiger charge is 2.61. The van der Waals surface area contributed by atoms with Crippen molar-refractivity contribution in [2.45, 2.75) is 77.1 Å². The van der Waals surface area contributed by atoms with Crippen LogP contribution < -0.4 is 0 Å². The second-order valence-electron chi connectivity index (χ2n) is 7.73. The van der Waals surface area contributed by atoms with Gasteiger partial charge in [0.2, 0.25) is 0 Å². The van der Waals surface area contributed by atoms with E-state index in [0.717, 1.165) is 25.2 Å². The summed E-state index contributed by atoms with van der Waals surface area (Å²) in [7, 11) is 0. The zero-order chi connectivity index (χ0) is 12.5. The minimum Gasteiger partial charge on any atom is -0.390 e. The summed E-state index contributed by atoms with van der Waals surface area (Å²) in [5, 5.41) is 10.2. The van der Waals surface area contributed by atoms with Crippen LogP contribution in [0.5, 0.6) is 0 Å². The van der Waals surface area contributed by atoms with E-state index < -0.39 is 0 Å². The summed E-state index contributed by atoms with van der Waals surface area (Å²) < 4.78 is 6.41. The third-order valence-corrected chi connectivity index (χ3v) is 6.06. The molecule has 0 radical (unpaired) electrons. The fraction of sp³-hybridized carbons (Fsp3) is 1.00. The third-order valence-electron chi connectivity index (χ3n) is 6.06. The van der Waals surface area contributed by atoms with Crippen molar-refractivity contribution >= 4 is 0 Å². The van der Waals surface area contributed by atoms with Crippen molar-refractivity contribution in [3.63, 3.8) is 0 Å². The van der Waals surface area contributed by atoms with Crippen LogP contribution in [0.4, 0.5) is 0 Å². The van der Waals surface area contributed by atoms with E-state index in [4.69, 9.17) is 4.74 Å². The molecule has 2 heterocycles. The molecule has 1 N–H and O–H groups in total. The molecule has 17 heavy (non-hydrogen) atoms. The molecule has 3 fully saturated rings. The second kappa shape index (κ2) is 3.27. The molecule has 2 aliphatic heterocycles. The summed E-state index contributed by atoms with van der Waals surface area (Å²) >= 11 is 0. The van der Waals surface area contributed by atoms with E-state index in [1.165, 1.54) is 12.8 Å². The maximum absolute atomic E-state index is 10.2. The normalized spacial score (nSPS) is 56.6. The molecule has 2 heteroatoms. The van der Waals surface area contributed by atoms with Gasteiger partial charge in [0.1, 0.15) is 0 Å². The molecular weight excluding hydrogens is 212 g/mol. The molecule has 3 rings (SSSR count). The predicted molar refractivity (Wildman–Crippen MR) is 67.7 cm³/mol. The van der Waals surface area contributed by atoms with Gasteiger partial charge in [0.15, 0.2) is 0 Å². The lowest BCUT2D eigenvalue weighted by atomic mass is 9.50. The zero-order valence-electron chi connectivity index (χ0n) is 11.6. The van der Waals surface area contributed by atoms with Crippen molar-refractivity contribution in [2.75, 3.05) is 0 Å². The van der Waals surface area contributed by atoms with Gasteiger partial charge in [-0.15, -0.1) is 0 Å². The SMILES string of the molecule is CC1(C)C[C@H]2[C@H]1CC[C@@]1(C)O[C@]2(C)CCC1O. The number of hydrogen-bond acceptors (Lipinski definition) is 2. The predicted octanol–water partition coefficient (Wildman–Crippen LogP) is 3.13. The summed E-state index contributed by atoms with van der Waals surface area (Å²) in [6, 6.07) is 0. The van der Waals surface area contributed by atoms with Crippen LogP contribution in [0.2, 0.25) is 0 Å². The van der Waals surface area contributed by atoms with Gasteiger partial charge in [0.25, 0.3) is 0 Å². The first-order valence-corrected chi connectivity index (χ1v) is 7.15. The third kappa shape index (κ3) is 1.53. The fourth-order valence-corrected chi connectivity index (χ4v) is 4.78. The highest BCUT2D eigenvalue weighted by atomic mass is 16.5. The Kier molecular flexibility index (Phi) is 2.30. The molecule has 2 bridgehead atoms. The number of aliphatic hydroxyl groups excluding tert-OH is 1. The van der Waals surface area contributed by atoms with Crippen molar-refractivity contribution in [2.24, 2.45) is 17.3 Å². The van der Waals surface area contributed by atoms with Crippen molar-refractivity contribution in [1.82, 2.24) is 0 Å². The first-order valence-electron chi connectivity index (χ1n) is 7.15. The standard InChI is InChI=1S/C15H26O2/c1-13(2)9-11-10(13)5-7-15(4)12(16)6-8-14(11,3)17-15/h10-12,16H,5-9H2,1-4H3/t10-,11+,12?,14-,15-/m1/s1. The molecule has 0 amide bonds. The lowest BCUT2D eigenvalue weighted by Crippen LogP contribution is -2.59. The van der Waals surface area contributed by atoms with Gasteiger partial charge in [0.05, 0.1) is 17.3 Å². The maximum Gasteiger partial charge on any atom is 0.0919 e. The molecule has 1 unspecified atom stereocenters. The van der Waals surface area contributed by atoms with Crippen LogP contribution >= 0.6 is 0 Å². The van der Waals surface area contributed by atoms with Crippen molar-refractivity contribution in [3.8, 4) is 0 Å². The molecule has 0 spiro atoms. The first-order chi connectivity index (χ1) is 7.77. The molecule has 1 saturated carbocycles. The van der Waals surface area contributed by atoms with Gasteiger partial charge in [-0.1, -0.05) is 13.8 Å². The van der Waals surface area contributed by atoms with E-state index in [2.05, 4.69) is 27.7 Å². The van der Waals surface area contributed by atoms with Gasteiger partial charge in [0, 0.05) is 0 Å². The number of ether oxygens (including phenoxy) is 1. The lowest BCUT2D eigenvalue weighted by molar-refractivity contribution is -0.253. The molecule has 2 nitrogen and oxygen atoms in total. The van der Waals surface area contributed by atoms with E-state index in [0.29, 0.717) is 11.3 Å². The summed E-state index contributed by atoms with van der Waals surface area (Å²) in [6.07, 6.45) is 5.21. The monoisotopic (exact) mass is 238 g/mol. The fourth-order valence-electron chi connectivity index (χ4n) is 4.78. The van der Waals surface area contributed by atoms with Gasteiger partial charge in [-0.25, -0.2) is 0 Å². The Morgan fingerprint density at radius 2 is 1.59 bits per heavy atom. The Morgan fingerprint density at radius 1 is 0.941 bits per heavy atom. The van der Waals surface area contributed by atoms with Crippen LogP contribution in [0, 0.1) is 17.3 Å². The Hall–Kier alpha value is -0.0800. The molecular formula is C15H26O2. The molecule has 5 atom stereocenters. The first kappa shape index (κ1) is 12.0. The van der Waals surface area contributed by atoms with Crippen LogP contribution in [-0.4, -0.2) is 22.4 Å². The summed E-state index contributed by atoms with van der Waals surface area (Å²) in [5.41, 5.74) is 0.209. The van der Waals surface area contributed by atoms with Crippen molar-refractivity contribution in [1.29, 1.82) is 0 Å². The quantitative estimate of drug-likeness (QED) is 0.702. The molecule has 3 aliphatic rings. The van der Waals surface area contributed by atoms with Crippen LogP contribution in [0.1, 0.15) is 59.8 Å². The molecule has 0 aromatic rings. The van der Waals surface area contributed by atoms with Crippen LogP contribution in [0.15, 0.2) is 0 Å². The van der Waals surface area contributed by atoms with Crippen molar-refractivity contribution < 1.29 is 9.84 Å².